The first kappa shape index (κ1) is 24.5. The third-order valence-electron chi connectivity index (χ3n) is 4.96. The van der Waals surface area contributed by atoms with Crippen molar-refractivity contribution < 1.29 is 26.7 Å². The van der Waals surface area contributed by atoms with Gasteiger partial charge in [-0.1, -0.05) is 18.2 Å². The Morgan fingerprint density at radius 1 is 1.36 bits per heavy atom. The first-order chi connectivity index (χ1) is 15.7. The lowest BCUT2D eigenvalue weighted by molar-refractivity contribution is -0.163. The zero-order valence-corrected chi connectivity index (χ0v) is 17.8. The van der Waals surface area contributed by atoms with Crippen LogP contribution in [0.3, 0.4) is 0 Å². The number of alkyl halides is 5. The van der Waals surface area contributed by atoms with Gasteiger partial charge in [0.2, 0.25) is 5.95 Å². The first-order valence-corrected chi connectivity index (χ1v) is 10.2. The molecule has 2 aromatic rings. The smallest absolute Gasteiger partial charge is 0.365 e. The van der Waals surface area contributed by atoms with E-state index in [0.717, 1.165) is 6.20 Å². The van der Waals surface area contributed by atoms with E-state index in [0.29, 0.717) is 24.9 Å². The van der Waals surface area contributed by atoms with E-state index < -0.39 is 24.6 Å². The van der Waals surface area contributed by atoms with Gasteiger partial charge in [-0.3, -0.25) is 4.98 Å². The fourth-order valence-corrected chi connectivity index (χ4v) is 3.55. The van der Waals surface area contributed by atoms with Gasteiger partial charge in [-0.2, -0.15) is 31.9 Å². The zero-order chi connectivity index (χ0) is 24.0. The first-order valence-electron chi connectivity index (χ1n) is 10.2. The van der Waals surface area contributed by atoms with Gasteiger partial charge in [-0.25, -0.2) is 4.99 Å². The number of piperidine rings is 1. The molecule has 3 rings (SSSR count). The summed E-state index contributed by atoms with van der Waals surface area (Å²) in [4.78, 5) is 17.9. The molecule has 1 unspecified atom stereocenters. The van der Waals surface area contributed by atoms with Gasteiger partial charge in [-0.15, -0.1) is 0 Å². The second kappa shape index (κ2) is 10.6. The molecule has 0 saturated carbocycles. The predicted octanol–water partition coefficient (Wildman–Crippen LogP) is 5.08. The van der Waals surface area contributed by atoms with Gasteiger partial charge in [-0.05, 0) is 32.5 Å². The normalized spacial score (nSPS) is 17.1. The van der Waals surface area contributed by atoms with Crippen LogP contribution in [0.1, 0.15) is 36.6 Å². The summed E-state index contributed by atoms with van der Waals surface area (Å²) in [6, 6.07) is 2.74. The van der Waals surface area contributed by atoms with E-state index in [1.54, 1.807) is 24.0 Å². The highest BCUT2D eigenvalue weighted by molar-refractivity contribution is 5.74. The second-order valence-electron chi connectivity index (χ2n) is 7.24. The predicted molar refractivity (Wildman–Crippen MR) is 115 cm³/mol. The number of anilines is 2. The van der Waals surface area contributed by atoms with Gasteiger partial charge >= 0.3 is 12.8 Å². The number of nitrogens with one attached hydrogen (secondary N) is 1. The number of halogens is 5. The highest BCUT2D eigenvalue weighted by Gasteiger charge is 2.35. The Morgan fingerprint density at radius 2 is 2.15 bits per heavy atom. The molecule has 0 aromatic carbocycles. The quantitative estimate of drug-likeness (QED) is 0.429. The van der Waals surface area contributed by atoms with Gasteiger partial charge < -0.3 is 15.0 Å². The van der Waals surface area contributed by atoms with Gasteiger partial charge in [0.15, 0.2) is 5.82 Å². The number of hydrogen-bond donors (Lipinski definition) is 1. The SMILES string of the molecule is C=Nc1nc(N2CCCC(OC(F)F)C2)nc(NCc2cccnc2C(F)(F)F)c1/C=C\C. The van der Waals surface area contributed by atoms with Crippen LogP contribution in [-0.4, -0.2) is 47.5 Å². The number of aromatic nitrogens is 3. The molecule has 178 valence electrons. The van der Waals surface area contributed by atoms with Crippen LogP contribution in [0.2, 0.25) is 0 Å². The Bertz CT molecular complexity index is 998. The molecule has 0 bridgehead atoms. The third-order valence-corrected chi connectivity index (χ3v) is 4.96. The van der Waals surface area contributed by atoms with Gasteiger partial charge in [0.25, 0.3) is 0 Å². The van der Waals surface area contributed by atoms with Crippen molar-refractivity contribution in [2.75, 3.05) is 23.3 Å². The zero-order valence-electron chi connectivity index (χ0n) is 17.8. The van der Waals surface area contributed by atoms with Crippen LogP contribution in [0.4, 0.5) is 39.5 Å². The van der Waals surface area contributed by atoms with Crippen molar-refractivity contribution in [2.45, 2.75) is 45.2 Å². The number of aliphatic imine (C=N–C) groups is 1. The van der Waals surface area contributed by atoms with E-state index in [2.05, 4.69) is 36.7 Å². The Hall–Kier alpha value is -3.15. The third kappa shape index (κ3) is 6.21. The molecule has 0 spiro atoms. The van der Waals surface area contributed by atoms with Crippen LogP contribution < -0.4 is 10.2 Å². The highest BCUT2D eigenvalue weighted by Crippen LogP contribution is 2.32. The number of ether oxygens (including phenoxy) is 1. The lowest BCUT2D eigenvalue weighted by atomic mass is 10.1. The fourth-order valence-electron chi connectivity index (χ4n) is 3.55. The minimum absolute atomic E-state index is 0.0620. The van der Waals surface area contributed by atoms with Crippen LogP contribution in [0.15, 0.2) is 29.4 Å². The van der Waals surface area contributed by atoms with Crippen LogP contribution in [0.25, 0.3) is 6.08 Å². The molecule has 0 radical (unpaired) electrons. The summed E-state index contributed by atoms with van der Waals surface area (Å²) in [6.07, 6.45) is 0.188. The fraction of sp³-hybridized carbons (Fsp3) is 0.429. The Labute approximate surface area is 187 Å². The average Bonchev–Trinajstić information content (AvgIpc) is 2.77. The highest BCUT2D eigenvalue weighted by atomic mass is 19.4. The number of nitrogens with zero attached hydrogens (tertiary/aromatic N) is 5. The molecule has 3 heterocycles. The molecule has 1 fully saturated rings. The maximum absolute atomic E-state index is 13.3. The summed E-state index contributed by atoms with van der Waals surface area (Å²) in [5.41, 5.74) is -0.622. The average molecular weight is 470 g/mol. The summed E-state index contributed by atoms with van der Waals surface area (Å²) in [7, 11) is 0. The molecule has 0 aliphatic carbocycles. The maximum atomic E-state index is 13.3. The Balaban J connectivity index is 1.93. The summed E-state index contributed by atoms with van der Waals surface area (Å²) in [6.45, 7) is 2.82. The number of rotatable bonds is 8. The number of allylic oxidation sites excluding steroid dienone is 1. The summed E-state index contributed by atoms with van der Waals surface area (Å²) < 4.78 is 69.8. The van der Waals surface area contributed by atoms with Crippen LogP contribution in [-0.2, 0) is 17.5 Å². The van der Waals surface area contributed by atoms with Crippen LogP contribution >= 0.6 is 0 Å². The van der Waals surface area contributed by atoms with Crippen molar-refractivity contribution in [1.82, 2.24) is 15.0 Å². The van der Waals surface area contributed by atoms with Crippen molar-refractivity contribution in [3.8, 4) is 0 Å². The minimum atomic E-state index is -4.61. The van der Waals surface area contributed by atoms with Gasteiger partial charge in [0.05, 0.1) is 11.7 Å². The van der Waals surface area contributed by atoms with Crippen molar-refractivity contribution >= 4 is 30.4 Å². The van der Waals surface area contributed by atoms with E-state index in [9.17, 15) is 22.0 Å². The lowest BCUT2D eigenvalue weighted by Gasteiger charge is -2.32. The monoisotopic (exact) mass is 470 g/mol. The van der Waals surface area contributed by atoms with Crippen LogP contribution in [0, 0.1) is 0 Å². The molecule has 7 nitrogen and oxygen atoms in total. The molecule has 0 amide bonds. The topological polar surface area (TPSA) is 75.5 Å². The number of hydrogen-bond acceptors (Lipinski definition) is 7. The van der Waals surface area contributed by atoms with E-state index in [4.69, 9.17) is 0 Å². The molecule has 1 aliphatic rings. The van der Waals surface area contributed by atoms with Crippen molar-refractivity contribution in [3.05, 3.63) is 41.2 Å². The molecule has 1 atom stereocenters. The van der Waals surface area contributed by atoms with E-state index in [-0.39, 0.29) is 36.2 Å². The molecular formula is C21H23F5N6O. The van der Waals surface area contributed by atoms with Crippen molar-refractivity contribution in [1.29, 1.82) is 0 Å². The van der Waals surface area contributed by atoms with E-state index >= 15 is 0 Å². The van der Waals surface area contributed by atoms with Crippen molar-refractivity contribution in [3.63, 3.8) is 0 Å². The molecule has 1 N–H and O–H groups in total. The molecule has 1 saturated heterocycles. The Kier molecular flexibility index (Phi) is 7.90. The molecule has 12 heteroatoms. The summed E-state index contributed by atoms with van der Waals surface area (Å²) >= 11 is 0. The number of pyridine rings is 1. The standard InChI is InChI=1S/C21H23F5N6O/c1-3-6-15-17(27-2)30-20(32-10-5-8-14(12-32)33-19(22)23)31-18(15)29-11-13-7-4-9-28-16(13)21(24,25)26/h3-4,6-7,9,14,19H,2,5,8,10-12H2,1H3,(H,29,30,31)/b6-3-. The maximum Gasteiger partial charge on any atom is 0.433 e. The summed E-state index contributed by atoms with van der Waals surface area (Å²) in [5.74, 6) is 0.632. The largest absolute Gasteiger partial charge is 0.433 e. The lowest BCUT2D eigenvalue weighted by Crippen LogP contribution is -2.41. The van der Waals surface area contributed by atoms with Gasteiger partial charge in [0, 0.05) is 31.4 Å². The van der Waals surface area contributed by atoms with Crippen LogP contribution in [0.5, 0.6) is 0 Å². The van der Waals surface area contributed by atoms with E-state index in [1.807, 2.05) is 0 Å². The second-order valence-corrected chi connectivity index (χ2v) is 7.24. The molecule has 2 aromatic heterocycles. The van der Waals surface area contributed by atoms with Crippen molar-refractivity contribution in [2.24, 2.45) is 4.99 Å². The Morgan fingerprint density at radius 3 is 2.82 bits per heavy atom. The molecule has 1 aliphatic heterocycles. The molecular weight excluding hydrogens is 447 g/mol. The van der Waals surface area contributed by atoms with Gasteiger partial charge in [0.1, 0.15) is 11.5 Å². The van der Waals surface area contributed by atoms with E-state index in [1.165, 1.54) is 12.1 Å². The summed E-state index contributed by atoms with van der Waals surface area (Å²) in [5, 5.41) is 2.92. The minimum Gasteiger partial charge on any atom is -0.365 e. The molecule has 33 heavy (non-hydrogen) atoms.